The van der Waals surface area contributed by atoms with Gasteiger partial charge in [-0.1, -0.05) is 23.2 Å². The summed E-state index contributed by atoms with van der Waals surface area (Å²) < 4.78 is 1.74. The van der Waals surface area contributed by atoms with Crippen molar-refractivity contribution in [1.82, 2.24) is 9.78 Å². The normalized spacial score (nSPS) is 12.7. The van der Waals surface area contributed by atoms with Gasteiger partial charge in [0.15, 0.2) is 0 Å². The first kappa shape index (κ1) is 12.3. The Morgan fingerprint density at radius 2 is 2.06 bits per heavy atom. The molecule has 0 fully saturated rings. The van der Waals surface area contributed by atoms with Crippen molar-refractivity contribution in [1.29, 1.82) is 0 Å². The third-order valence-corrected chi connectivity index (χ3v) is 3.38. The highest BCUT2D eigenvalue weighted by atomic mass is 35.5. The van der Waals surface area contributed by atoms with Gasteiger partial charge in [-0.15, -0.1) is 0 Å². The van der Waals surface area contributed by atoms with Crippen LogP contribution < -0.4 is 5.73 Å². The molecule has 17 heavy (non-hydrogen) atoms. The van der Waals surface area contributed by atoms with Crippen molar-refractivity contribution in [2.45, 2.75) is 19.9 Å². The van der Waals surface area contributed by atoms with Crippen molar-refractivity contribution in [2.24, 2.45) is 0 Å². The first-order valence-electron chi connectivity index (χ1n) is 5.25. The Kier molecular flexibility index (Phi) is 3.31. The van der Waals surface area contributed by atoms with Gasteiger partial charge in [-0.25, -0.2) is 4.68 Å². The lowest BCUT2D eigenvalue weighted by Crippen LogP contribution is -2.12. The van der Waals surface area contributed by atoms with Gasteiger partial charge in [0.05, 0.1) is 12.2 Å². The molecule has 0 aliphatic carbocycles. The summed E-state index contributed by atoms with van der Waals surface area (Å²) >= 11 is 12.1. The van der Waals surface area contributed by atoms with Crippen molar-refractivity contribution < 1.29 is 0 Å². The summed E-state index contributed by atoms with van der Waals surface area (Å²) in [5.41, 5.74) is 7.82. The molecule has 2 aromatic rings. The number of rotatable bonds is 2. The Balaban J connectivity index is 2.47. The number of halogens is 2. The topological polar surface area (TPSA) is 43.8 Å². The van der Waals surface area contributed by atoms with Gasteiger partial charge in [-0.3, -0.25) is 0 Å². The molecule has 0 saturated heterocycles. The van der Waals surface area contributed by atoms with Crippen molar-refractivity contribution in [3.63, 3.8) is 0 Å². The van der Waals surface area contributed by atoms with Crippen LogP contribution in [-0.4, -0.2) is 9.78 Å². The van der Waals surface area contributed by atoms with E-state index in [4.69, 9.17) is 28.9 Å². The average Bonchev–Trinajstić information content (AvgIpc) is 2.62. The van der Waals surface area contributed by atoms with E-state index in [-0.39, 0.29) is 6.04 Å². The minimum Gasteiger partial charge on any atom is -0.384 e. The molecule has 1 aromatic heterocycles. The summed E-state index contributed by atoms with van der Waals surface area (Å²) in [6, 6.07) is 5.33. The van der Waals surface area contributed by atoms with E-state index in [0.717, 1.165) is 11.1 Å². The number of nitrogens with two attached hydrogens (primary N) is 1. The standard InChI is InChI=1S/C12H13Cl2N3/c1-7-6-16-17(12(7)15)8(2)10-5-9(13)3-4-11(10)14/h3-6,8H,15H2,1-2H3. The van der Waals surface area contributed by atoms with Crippen molar-refractivity contribution in [3.8, 4) is 0 Å². The predicted octanol–water partition coefficient (Wildman–Crippen LogP) is 3.69. The molecule has 0 saturated carbocycles. The number of nitrogen functional groups attached to an aromatic ring is 1. The zero-order chi connectivity index (χ0) is 12.6. The summed E-state index contributed by atoms with van der Waals surface area (Å²) in [6.45, 7) is 3.91. The van der Waals surface area contributed by atoms with E-state index in [9.17, 15) is 0 Å². The molecule has 0 spiro atoms. The Labute approximate surface area is 110 Å². The van der Waals surface area contributed by atoms with E-state index in [1.165, 1.54) is 0 Å². The van der Waals surface area contributed by atoms with Gasteiger partial charge >= 0.3 is 0 Å². The van der Waals surface area contributed by atoms with E-state index in [1.807, 2.05) is 19.9 Å². The van der Waals surface area contributed by atoms with Gasteiger partial charge in [0.25, 0.3) is 0 Å². The second kappa shape index (κ2) is 4.59. The Morgan fingerprint density at radius 3 is 2.65 bits per heavy atom. The summed E-state index contributed by atoms with van der Waals surface area (Å²) in [4.78, 5) is 0. The Morgan fingerprint density at radius 1 is 1.35 bits per heavy atom. The molecule has 1 heterocycles. The zero-order valence-corrected chi connectivity index (χ0v) is 11.1. The van der Waals surface area contributed by atoms with Gasteiger partial charge < -0.3 is 5.73 Å². The molecule has 1 aromatic carbocycles. The highest BCUT2D eigenvalue weighted by Gasteiger charge is 2.16. The number of benzene rings is 1. The second-order valence-corrected chi connectivity index (χ2v) is 4.84. The summed E-state index contributed by atoms with van der Waals surface area (Å²) in [6.07, 6.45) is 1.74. The maximum absolute atomic E-state index is 6.16. The fourth-order valence-electron chi connectivity index (χ4n) is 1.73. The van der Waals surface area contributed by atoms with Crippen LogP contribution in [0.4, 0.5) is 5.82 Å². The third kappa shape index (κ3) is 2.26. The highest BCUT2D eigenvalue weighted by molar-refractivity contribution is 6.33. The van der Waals surface area contributed by atoms with Crippen molar-refractivity contribution in [2.75, 3.05) is 5.73 Å². The lowest BCUT2D eigenvalue weighted by molar-refractivity contribution is 0.573. The molecule has 1 atom stereocenters. The van der Waals surface area contributed by atoms with Gasteiger partial charge in [0.1, 0.15) is 5.82 Å². The van der Waals surface area contributed by atoms with Crippen LogP contribution in [0.2, 0.25) is 10.0 Å². The number of aromatic nitrogens is 2. The maximum atomic E-state index is 6.16. The number of hydrogen-bond donors (Lipinski definition) is 1. The molecule has 0 radical (unpaired) electrons. The molecule has 1 unspecified atom stereocenters. The maximum Gasteiger partial charge on any atom is 0.125 e. The van der Waals surface area contributed by atoms with Crippen LogP contribution in [0.15, 0.2) is 24.4 Å². The minimum atomic E-state index is -0.0464. The Hall–Kier alpha value is -1.19. The molecule has 5 heteroatoms. The van der Waals surface area contributed by atoms with Crippen LogP contribution in [0.5, 0.6) is 0 Å². The monoisotopic (exact) mass is 269 g/mol. The van der Waals surface area contributed by atoms with Crippen LogP contribution >= 0.6 is 23.2 Å². The number of anilines is 1. The largest absolute Gasteiger partial charge is 0.384 e. The number of hydrogen-bond acceptors (Lipinski definition) is 2. The summed E-state index contributed by atoms with van der Waals surface area (Å²) in [5, 5.41) is 5.57. The average molecular weight is 270 g/mol. The first-order chi connectivity index (χ1) is 8.00. The van der Waals surface area contributed by atoms with Crippen molar-refractivity contribution in [3.05, 3.63) is 45.6 Å². The van der Waals surface area contributed by atoms with E-state index in [2.05, 4.69) is 5.10 Å². The van der Waals surface area contributed by atoms with Crippen molar-refractivity contribution >= 4 is 29.0 Å². The summed E-state index contributed by atoms with van der Waals surface area (Å²) in [5.74, 6) is 0.647. The van der Waals surface area contributed by atoms with Gasteiger partial charge in [-0.2, -0.15) is 5.10 Å². The zero-order valence-electron chi connectivity index (χ0n) is 9.61. The second-order valence-electron chi connectivity index (χ2n) is 4.00. The molecular weight excluding hydrogens is 257 g/mol. The molecule has 0 amide bonds. The Bertz CT molecular complexity index is 549. The molecule has 0 bridgehead atoms. The SMILES string of the molecule is Cc1cnn(C(C)c2cc(Cl)ccc2Cl)c1N. The minimum absolute atomic E-state index is 0.0464. The van der Waals surface area contributed by atoms with Crippen LogP contribution in [0.3, 0.4) is 0 Å². The van der Waals surface area contributed by atoms with E-state index < -0.39 is 0 Å². The first-order valence-corrected chi connectivity index (χ1v) is 6.01. The quantitative estimate of drug-likeness (QED) is 0.904. The van der Waals surface area contributed by atoms with Gasteiger partial charge in [-0.05, 0) is 37.6 Å². The van der Waals surface area contributed by atoms with Gasteiger partial charge in [0.2, 0.25) is 0 Å². The lowest BCUT2D eigenvalue weighted by Gasteiger charge is -2.16. The fourth-order valence-corrected chi connectivity index (χ4v) is 2.19. The van der Waals surface area contributed by atoms with Crippen LogP contribution in [0.1, 0.15) is 24.1 Å². The molecule has 3 nitrogen and oxygen atoms in total. The lowest BCUT2D eigenvalue weighted by atomic mass is 10.1. The molecule has 90 valence electrons. The highest BCUT2D eigenvalue weighted by Crippen LogP contribution is 2.30. The molecule has 2 N–H and O–H groups in total. The third-order valence-electron chi connectivity index (χ3n) is 2.80. The van der Waals surface area contributed by atoms with Crippen LogP contribution in [0.25, 0.3) is 0 Å². The molecule has 0 aliphatic rings. The number of aryl methyl sites for hydroxylation is 1. The van der Waals surface area contributed by atoms with E-state index in [0.29, 0.717) is 15.9 Å². The van der Waals surface area contributed by atoms with Crippen LogP contribution in [0, 0.1) is 6.92 Å². The predicted molar refractivity (Wildman–Crippen MR) is 71.7 cm³/mol. The smallest absolute Gasteiger partial charge is 0.125 e. The van der Waals surface area contributed by atoms with E-state index >= 15 is 0 Å². The van der Waals surface area contributed by atoms with Gasteiger partial charge in [0, 0.05) is 15.6 Å². The molecule has 2 rings (SSSR count). The van der Waals surface area contributed by atoms with Crippen LogP contribution in [-0.2, 0) is 0 Å². The van der Waals surface area contributed by atoms with E-state index in [1.54, 1.807) is 23.0 Å². The molecule has 0 aliphatic heterocycles. The fraction of sp³-hybridized carbons (Fsp3) is 0.250. The molecular formula is C12H13Cl2N3. The summed E-state index contributed by atoms with van der Waals surface area (Å²) in [7, 11) is 0. The number of nitrogens with zero attached hydrogens (tertiary/aromatic N) is 2.